The molecule has 12 heteroatoms. The molecule has 2 saturated heterocycles. The van der Waals surface area contributed by atoms with Crippen LogP contribution in [0.15, 0.2) is 51.5 Å². The highest BCUT2D eigenvalue weighted by molar-refractivity contribution is 7.90. The molecule has 1 N–H and O–H groups in total. The Kier molecular flexibility index (Phi) is 6.91. The van der Waals surface area contributed by atoms with E-state index in [-0.39, 0.29) is 41.6 Å². The molecule has 1 aromatic rings. The largest absolute Gasteiger partial charge is 0.368 e. The summed E-state index contributed by atoms with van der Waals surface area (Å²) in [4.78, 5) is 40.2. The van der Waals surface area contributed by atoms with Gasteiger partial charge in [-0.2, -0.15) is 0 Å². The van der Waals surface area contributed by atoms with E-state index in [9.17, 15) is 18.0 Å². The van der Waals surface area contributed by atoms with Crippen LogP contribution in [-0.4, -0.2) is 105 Å². The predicted octanol–water partition coefficient (Wildman–Crippen LogP) is 0.166. The molecule has 1 aromatic carbocycles. The Balaban J connectivity index is 1.21. The van der Waals surface area contributed by atoms with Gasteiger partial charge >= 0.3 is 0 Å². The van der Waals surface area contributed by atoms with E-state index in [1.54, 1.807) is 52.7 Å². The number of nitrogens with zero attached hydrogens (tertiary/aromatic N) is 5. The number of hydrogen-bond acceptors (Lipinski definition) is 9. The number of aliphatic imine (C=N–C) groups is 2. The monoisotopic (exact) mass is 514 g/mol. The number of fused-ring (bicyclic) bond motifs is 1. The van der Waals surface area contributed by atoms with Gasteiger partial charge in [0, 0.05) is 51.4 Å². The van der Waals surface area contributed by atoms with Gasteiger partial charge in [0.05, 0.1) is 17.7 Å². The third-order valence-corrected chi connectivity index (χ3v) is 8.03. The van der Waals surface area contributed by atoms with Crippen LogP contribution in [-0.2, 0) is 24.2 Å². The topological polar surface area (TPSA) is 124 Å². The molecule has 192 valence electrons. The molecule has 0 aliphatic carbocycles. The first-order chi connectivity index (χ1) is 17.3. The minimum absolute atomic E-state index is 0.0247. The lowest BCUT2D eigenvalue weighted by Gasteiger charge is -2.36. The van der Waals surface area contributed by atoms with Crippen LogP contribution in [0.5, 0.6) is 0 Å². The molecule has 3 unspecified atom stereocenters. The van der Waals surface area contributed by atoms with Crippen LogP contribution in [0.3, 0.4) is 0 Å². The zero-order chi connectivity index (χ0) is 25.3. The maximum Gasteiger partial charge on any atom is 0.251 e. The van der Waals surface area contributed by atoms with Crippen molar-refractivity contribution in [1.29, 1.82) is 0 Å². The number of carbonyl (C=O) groups excluding carboxylic acids is 2. The van der Waals surface area contributed by atoms with E-state index < -0.39 is 9.84 Å². The quantitative estimate of drug-likeness (QED) is 0.574. The van der Waals surface area contributed by atoms with Crippen LogP contribution in [0.1, 0.15) is 24.4 Å². The molecule has 4 aliphatic rings. The smallest absolute Gasteiger partial charge is 0.251 e. The molecular weight excluding hydrogens is 484 g/mol. The number of hydrogen-bond donors (Lipinski definition) is 1. The Bertz CT molecular complexity index is 1200. The Morgan fingerprint density at radius 3 is 2.50 bits per heavy atom. The predicted molar refractivity (Wildman–Crippen MR) is 133 cm³/mol. The average Bonchev–Trinajstić information content (AvgIpc) is 3.55. The summed E-state index contributed by atoms with van der Waals surface area (Å²) in [6.07, 6.45) is 7.30. The van der Waals surface area contributed by atoms with Crippen LogP contribution < -0.4 is 5.32 Å². The van der Waals surface area contributed by atoms with E-state index in [2.05, 4.69) is 10.3 Å². The third kappa shape index (κ3) is 5.06. The van der Waals surface area contributed by atoms with Crippen molar-refractivity contribution in [2.75, 3.05) is 45.6 Å². The summed E-state index contributed by atoms with van der Waals surface area (Å²) >= 11 is 0. The second-order valence-electron chi connectivity index (χ2n) is 9.29. The third-order valence-electron chi connectivity index (χ3n) is 6.90. The minimum Gasteiger partial charge on any atom is -0.368 e. The molecule has 5 rings (SSSR count). The number of nitrogens with one attached hydrogen (secondary N) is 1. The molecule has 2 fully saturated rings. The van der Waals surface area contributed by atoms with Crippen molar-refractivity contribution in [3.63, 3.8) is 0 Å². The maximum absolute atomic E-state index is 13.0. The fraction of sp³-hybridized carbons (Fsp3) is 0.500. The molecule has 0 saturated carbocycles. The van der Waals surface area contributed by atoms with Gasteiger partial charge in [0.1, 0.15) is 24.1 Å². The molecule has 11 nitrogen and oxygen atoms in total. The molecule has 2 amide bonds. The highest BCUT2D eigenvalue weighted by Gasteiger charge is 2.37. The van der Waals surface area contributed by atoms with Crippen molar-refractivity contribution in [3.8, 4) is 0 Å². The Morgan fingerprint density at radius 1 is 1.11 bits per heavy atom. The van der Waals surface area contributed by atoms with E-state index in [1.807, 2.05) is 4.90 Å². The molecule has 4 heterocycles. The van der Waals surface area contributed by atoms with Gasteiger partial charge in [0.25, 0.3) is 5.91 Å². The Morgan fingerprint density at radius 2 is 1.83 bits per heavy atom. The van der Waals surface area contributed by atoms with Gasteiger partial charge in [0.2, 0.25) is 5.91 Å². The van der Waals surface area contributed by atoms with Crippen molar-refractivity contribution in [2.45, 2.75) is 36.0 Å². The van der Waals surface area contributed by atoms with Crippen LogP contribution in [0.2, 0.25) is 0 Å². The molecule has 3 atom stereocenters. The van der Waals surface area contributed by atoms with Gasteiger partial charge in [-0.1, -0.05) is 12.1 Å². The number of sulfone groups is 1. The van der Waals surface area contributed by atoms with Gasteiger partial charge in [-0.15, -0.1) is 0 Å². The van der Waals surface area contributed by atoms with E-state index >= 15 is 0 Å². The maximum atomic E-state index is 13.0. The van der Waals surface area contributed by atoms with Gasteiger partial charge in [0.15, 0.2) is 9.84 Å². The molecule has 0 spiro atoms. The number of carbonyl (C=O) groups is 2. The van der Waals surface area contributed by atoms with Gasteiger partial charge < -0.3 is 19.4 Å². The average molecular weight is 515 g/mol. The first-order valence-corrected chi connectivity index (χ1v) is 14.0. The first-order valence-electron chi connectivity index (χ1n) is 12.1. The number of amides is 2. The van der Waals surface area contributed by atoms with Gasteiger partial charge in [-0.05, 0) is 30.5 Å². The van der Waals surface area contributed by atoms with Crippen molar-refractivity contribution >= 4 is 33.7 Å². The van der Waals surface area contributed by atoms with Crippen molar-refractivity contribution in [2.24, 2.45) is 9.98 Å². The lowest BCUT2D eigenvalue weighted by molar-refractivity contribution is -0.145. The second-order valence-corrected chi connectivity index (χ2v) is 11.3. The Labute approximate surface area is 210 Å². The van der Waals surface area contributed by atoms with E-state index in [0.717, 1.165) is 18.4 Å². The summed E-state index contributed by atoms with van der Waals surface area (Å²) in [5.41, 5.74) is 0.831. The summed E-state index contributed by atoms with van der Waals surface area (Å²) in [5, 5.41) is 3.34. The normalized spacial score (nSPS) is 25.8. The summed E-state index contributed by atoms with van der Waals surface area (Å²) in [7, 11) is -3.30. The second kappa shape index (κ2) is 10.1. The summed E-state index contributed by atoms with van der Waals surface area (Å²) in [6.45, 7) is 2.71. The van der Waals surface area contributed by atoms with Crippen molar-refractivity contribution < 1.29 is 22.7 Å². The van der Waals surface area contributed by atoms with Gasteiger partial charge in [-0.3, -0.25) is 24.9 Å². The first kappa shape index (κ1) is 24.6. The molecular formula is C24H30N6O5S. The fourth-order valence-corrected chi connectivity index (χ4v) is 5.53. The van der Waals surface area contributed by atoms with E-state index in [4.69, 9.17) is 9.73 Å². The zero-order valence-corrected chi connectivity index (χ0v) is 20.9. The highest BCUT2D eigenvalue weighted by Crippen LogP contribution is 2.31. The van der Waals surface area contributed by atoms with Crippen molar-refractivity contribution in [1.82, 2.24) is 20.0 Å². The highest BCUT2D eigenvalue weighted by atomic mass is 32.2. The number of amidine groups is 1. The molecule has 0 bridgehead atoms. The number of rotatable bonds is 6. The van der Waals surface area contributed by atoms with Crippen LogP contribution in [0, 0.1) is 0 Å². The summed E-state index contributed by atoms with van der Waals surface area (Å²) in [5.74, 6) is 0.644. The standard InChI is InChI=1S/C24H30N6O5S/c1-36(33,34)18-6-4-17(5-7-18)22-23(30-9-8-25-15-20(30)27-22)26-16-21(31)28-10-12-29(13-11-28)24(32)19-3-2-14-35-19/h4-9,15,19,22-23,26H,2-3,10-14,16H2,1H3. The minimum atomic E-state index is -3.30. The summed E-state index contributed by atoms with van der Waals surface area (Å²) < 4.78 is 29.2. The Hall–Kier alpha value is -3.09. The molecule has 0 aromatic heterocycles. The lowest BCUT2D eigenvalue weighted by atomic mass is 10.0. The molecule has 0 radical (unpaired) electrons. The zero-order valence-electron chi connectivity index (χ0n) is 20.1. The SMILES string of the molecule is CS(=O)(=O)c1ccc(C2N=C3C=NC=CN3C2NCC(=O)N2CCN(C(=O)C3CCCO3)CC2)cc1. The molecule has 36 heavy (non-hydrogen) atoms. The van der Waals surface area contributed by atoms with E-state index in [0.29, 0.717) is 38.6 Å². The van der Waals surface area contributed by atoms with E-state index in [1.165, 1.54) is 6.26 Å². The lowest BCUT2D eigenvalue weighted by Crippen LogP contribution is -2.55. The number of benzene rings is 1. The summed E-state index contributed by atoms with van der Waals surface area (Å²) in [6, 6.07) is 6.31. The fourth-order valence-electron chi connectivity index (χ4n) is 4.90. The van der Waals surface area contributed by atoms with Gasteiger partial charge in [-0.25, -0.2) is 8.42 Å². The molecule has 4 aliphatic heterocycles. The number of piperazine rings is 1. The number of ether oxygens (including phenoxy) is 1. The van der Waals surface area contributed by atoms with Crippen LogP contribution in [0.25, 0.3) is 0 Å². The van der Waals surface area contributed by atoms with Crippen LogP contribution >= 0.6 is 0 Å². The van der Waals surface area contributed by atoms with Crippen molar-refractivity contribution in [3.05, 3.63) is 42.2 Å². The van der Waals surface area contributed by atoms with Crippen LogP contribution in [0.4, 0.5) is 0 Å².